The van der Waals surface area contributed by atoms with E-state index in [1.807, 2.05) is 43.6 Å². The molecule has 2 aromatic rings. The summed E-state index contributed by atoms with van der Waals surface area (Å²) in [5.41, 5.74) is 6.94. The number of hydrogen-bond donors (Lipinski definition) is 1. The van der Waals surface area contributed by atoms with Gasteiger partial charge in [0, 0.05) is 25.7 Å². The van der Waals surface area contributed by atoms with Crippen LogP contribution < -0.4 is 10.5 Å². The summed E-state index contributed by atoms with van der Waals surface area (Å²) < 4.78 is 7.28. The Hall–Kier alpha value is -1.88. The van der Waals surface area contributed by atoms with Crippen LogP contribution in [-0.4, -0.2) is 27.6 Å². The highest BCUT2D eigenvalue weighted by atomic mass is 16.5. The fourth-order valence-electron chi connectivity index (χ4n) is 1.70. The molecule has 0 aliphatic carbocycles. The number of benzene rings is 1. The summed E-state index contributed by atoms with van der Waals surface area (Å²) in [6, 6.07) is 9.80. The normalized spacial score (nSPS) is 12.3. The number of rotatable bonds is 6. The van der Waals surface area contributed by atoms with Gasteiger partial charge in [-0.05, 0) is 18.6 Å². The number of ether oxygens (including phenoxy) is 1. The molecule has 18 heavy (non-hydrogen) atoms. The number of aromatic nitrogens is 3. The van der Waals surface area contributed by atoms with Gasteiger partial charge in [0.25, 0.3) is 0 Å². The zero-order valence-electron chi connectivity index (χ0n) is 10.5. The van der Waals surface area contributed by atoms with Gasteiger partial charge in [0.2, 0.25) is 0 Å². The lowest BCUT2D eigenvalue weighted by atomic mass is 10.1. The molecule has 5 nitrogen and oxygen atoms in total. The van der Waals surface area contributed by atoms with Gasteiger partial charge < -0.3 is 10.5 Å². The van der Waals surface area contributed by atoms with Crippen LogP contribution in [0.2, 0.25) is 0 Å². The minimum absolute atomic E-state index is 0.0467. The van der Waals surface area contributed by atoms with Gasteiger partial charge in [-0.2, -0.15) is 0 Å². The number of hydrogen-bond acceptors (Lipinski definition) is 4. The van der Waals surface area contributed by atoms with Crippen LogP contribution in [0.3, 0.4) is 0 Å². The lowest BCUT2D eigenvalue weighted by Crippen LogP contribution is -2.25. The molecule has 2 N–H and O–H groups in total. The Bertz CT molecular complexity index is 469. The van der Waals surface area contributed by atoms with Crippen molar-refractivity contribution in [2.45, 2.75) is 18.9 Å². The topological polar surface area (TPSA) is 66.0 Å². The van der Waals surface area contributed by atoms with E-state index in [1.54, 1.807) is 4.68 Å². The van der Waals surface area contributed by atoms with Crippen molar-refractivity contribution in [1.82, 2.24) is 15.0 Å². The number of aryl methyl sites for hydroxylation is 1. The maximum Gasteiger partial charge on any atom is 0.119 e. The standard InChI is InChI=1S/C13H18N4O/c1-17-10-12(15-16-17)9-11(14)7-8-18-13-5-3-2-4-6-13/h2-6,10-11H,7-9,14H2,1H3. The van der Waals surface area contributed by atoms with Crippen LogP contribution in [0.5, 0.6) is 5.75 Å². The molecule has 1 aromatic carbocycles. The summed E-state index contributed by atoms with van der Waals surface area (Å²) >= 11 is 0. The van der Waals surface area contributed by atoms with Crippen LogP contribution in [-0.2, 0) is 13.5 Å². The third-order valence-electron chi connectivity index (χ3n) is 2.62. The first-order valence-corrected chi connectivity index (χ1v) is 6.02. The highest BCUT2D eigenvalue weighted by Gasteiger charge is 2.07. The van der Waals surface area contributed by atoms with Crippen LogP contribution in [0.25, 0.3) is 0 Å². The highest BCUT2D eigenvalue weighted by molar-refractivity contribution is 5.20. The summed E-state index contributed by atoms with van der Waals surface area (Å²) in [5, 5.41) is 7.89. The Balaban J connectivity index is 1.70. The predicted octanol–water partition coefficient (Wildman–Crippen LogP) is 1.15. The molecule has 0 aliphatic heterocycles. The third kappa shape index (κ3) is 3.85. The molecule has 0 fully saturated rings. The van der Waals surface area contributed by atoms with Crippen molar-refractivity contribution in [3.63, 3.8) is 0 Å². The fraction of sp³-hybridized carbons (Fsp3) is 0.385. The molecule has 1 heterocycles. The molecule has 1 unspecified atom stereocenters. The molecule has 0 amide bonds. The van der Waals surface area contributed by atoms with E-state index < -0.39 is 0 Å². The zero-order chi connectivity index (χ0) is 12.8. The molecular weight excluding hydrogens is 228 g/mol. The number of nitrogens with zero attached hydrogens (tertiary/aromatic N) is 3. The first kappa shape index (κ1) is 12.6. The van der Waals surface area contributed by atoms with E-state index in [0.29, 0.717) is 6.61 Å². The molecule has 5 heteroatoms. The number of nitrogens with two attached hydrogens (primary N) is 1. The minimum Gasteiger partial charge on any atom is -0.494 e. The van der Waals surface area contributed by atoms with E-state index in [0.717, 1.165) is 24.3 Å². The van der Waals surface area contributed by atoms with Gasteiger partial charge in [-0.1, -0.05) is 23.4 Å². The second-order valence-corrected chi connectivity index (χ2v) is 4.30. The van der Waals surface area contributed by atoms with Gasteiger partial charge in [0.05, 0.1) is 12.3 Å². The maximum atomic E-state index is 6.02. The first-order chi connectivity index (χ1) is 8.74. The summed E-state index contributed by atoms with van der Waals surface area (Å²) in [4.78, 5) is 0. The molecule has 0 spiro atoms. The van der Waals surface area contributed by atoms with Gasteiger partial charge in [-0.25, -0.2) is 0 Å². The molecule has 0 saturated carbocycles. The third-order valence-corrected chi connectivity index (χ3v) is 2.62. The average molecular weight is 246 g/mol. The monoisotopic (exact) mass is 246 g/mol. The summed E-state index contributed by atoms with van der Waals surface area (Å²) in [7, 11) is 1.85. The Kier molecular flexibility index (Phi) is 4.30. The fourth-order valence-corrected chi connectivity index (χ4v) is 1.70. The number of para-hydroxylation sites is 1. The predicted molar refractivity (Wildman–Crippen MR) is 69.2 cm³/mol. The molecule has 1 atom stereocenters. The lowest BCUT2D eigenvalue weighted by Gasteiger charge is -2.10. The maximum absolute atomic E-state index is 6.02. The molecular formula is C13H18N4O. The Morgan fingerprint density at radius 1 is 1.33 bits per heavy atom. The van der Waals surface area contributed by atoms with E-state index in [2.05, 4.69) is 10.3 Å². The lowest BCUT2D eigenvalue weighted by molar-refractivity contribution is 0.297. The second kappa shape index (κ2) is 6.16. The second-order valence-electron chi connectivity index (χ2n) is 4.30. The Labute approximate surface area is 107 Å². The first-order valence-electron chi connectivity index (χ1n) is 6.02. The SMILES string of the molecule is Cn1cc(CC(N)CCOc2ccccc2)nn1. The van der Waals surface area contributed by atoms with Crippen molar-refractivity contribution >= 4 is 0 Å². The van der Waals surface area contributed by atoms with Crippen molar-refractivity contribution in [3.8, 4) is 5.75 Å². The van der Waals surface area contributed by atoms with Crippen LogP contribution in [0.4, 0.5) is 0 Å². The van der Waals surface area contributed by atoms with Gasteiger partial charge in [0.15, 0.2) is 0 Å². The minimum atomic E-state index is 0.0467. The Morgan fingerprint density at radius 3 is 2.78 bits per heavy atom. The summed E-state index contributed by atoms with van der Waals surface area (Å²) in [6.45, 7) is 0.617. The molecule has 96 valence electrons. The van der Waals surface area contributed by atoms with E-state index in [-0.39, 0.29) is 6.04 Å². The van der Waals surface area contributed by atoms with E-state index in [4.69, 9.17) is 10.5 Å². The van der Waals surface area contributed by atoms with Crippen LogP contribution in [0.1, 0.15) is 12.1 Å². The largest absolute Gasteiger partial charge is 0.494 e. The molecule has 0 radical (unpaired) electrons. The van der Waals surface area contributed by atoms with E-state index in [1.165, 1.54) is 0 Å². The van der Waals surface area contributed by atoms with Crippen LogP contribution in [0.15, 0.2) is 36.5 Å². The Morgan fingerprint density at radius 2 is 2.11 bits per heavy atom. The summed E-state index contributed by atoms with van der Waals surface area (Å²) in [6.07, 6.45) is 3.41. The van der Waals surface area contributed by atoms with Gasteiger partial charge in [-0.3, -0.25) is 4.68 Å². The molecule has 1 aromatic heterocycles. The van der Waals surface area contributed by atoms with Gasteiger partial charge >= 0.3 is 0 Å². The van der Waals surface area contributed by atoms with E-state index in [9.17, 15) is 0 Å². The zero-order valence-corrected chi connectivity index (χ0v) is 10.5. The van der Waals surface area contributed by atoms with Crippen molar-refractivity contribution < 1.29 is 4.74 Å². The average Bonchev–Trinajstić information content (AvgIpc) is 2.76. The van der Waals surface area contributed by atoms with Crippen molar-refractivity contribution in [1.29, 1.82) is 0 Å². The van der Waals surface area contributed by atoms with E-state index >= 15 is 0 Å². The van der Waals surface area contributed by atoms with Crippen molar-refractivity contribution in [2.24, 2.45) is 12.8 Å². The molecule has 0 bridgehead atoms. The van der Waals surface area contributed by atoms with Gasteiger partial charge in [0.1, 0.15) is 5.75 Å². The molecule has 2 rings (SSSR count). The van der Waals surface area contributed by atoms with Gasteiger partial charge in [-0.15, -0.1) is 5.10 Å². The quantitative estimate of drug-likeness (QED) is 0.830. The molecule has 0 aliphatic rings. The van der Waals surface area contributed by atoms with Crippen LogP contribution >= 0.6 is 0 Å². The summed E-state index contributed by atoms with van der Waals surface area (Å²) in [5.74, 6) is 0.879. The van der Waals surface area contributed by atoms with Crippen molar-refractivity contribution in [3.05, 3.63) is 42.2 Å². The smallest absolute Gasteiger partial charge is 0.119 e. The van der Waals surface area contributed by atoms with Crippen molar-refractivity contribution in [2.75, 3.05) is 6.61 Å². The van der Waals surface area contributed by atoms with Crippen LogP contribution in [0, 0.1) is 0 Å². The molecule has 0 saturated heterocycles. The highest BCUT2D eigenvalue weighted by Crippen LogP contribution is 2.09.